The second-order valence-corrected chi connectivity index (χ2v) is 6.96. The summed E-state index contributed by atoms with van der Waals surface area (Å²) in [6.07, 6.45) is 4.04. The molecule has 1 fully saturated rings. The first kappa shape index (κ1) is 15.0. The van der Waals surface area contributed by atoms with E-state index in [1.54, 1.807) is 0 Å². The molecule has 20 heavy (non-hydrogen) atoms. The maximum absolute atomic E-state index is 11.8. The van der Waals surface area contributed by atoms with E-state index in [4.69, 9.17) is 5.11 Å². The molecule has 0 bridgehead atoms. The van der Waals surface area contributed by atoms with Crippen molar-refractivity contribution in [2.45, 2.75) is 31.4 Å². The molecule has 0 spiro atoms. The second kappa shape index (κ2) is 6.36. The number of carboxylic acids is 1. The van der Waals surface area contributed by atoms with Gasteiger partial charge in [-0.05, 0) is 31.6 Å². The second-order valence-electron chi connectivity index (χ2n) is 5.15. The molecule has 1 aromatic heterocycles. The Morgan fingerprint density at radius 2 is 2.10 bits per heavy atom. The first-order valence-electron chi connectivity index (χ1n) is 6.55. The van der Waals surface area contributed by atoms with Gasteiger partial charge in [-0.1, -0.05) is 5.16 Å². The van der Waals surface area contributed by atoms with Crippen LogP contribution in [0, 0.1) is 11.8 Å². The lowest BCUT2D eigenvalue weighted by atomic mass is 9.82. The first-order valence-corrected chi connectivity index (χ1v) is 8.21. The molecule has 2 N–H and O–H groups in total. The highest BCUT2D eigenvalue weighted by Crippen LogP contribution is 2.28. The molecular formula is C12H18N2O5S. The Hall–Kier alpha value is -1.41. The molecule has 112 valence electrons. The van der Waals surface area contributed by atoms with Crippen LogP contribution in [0.1, 0.15) is 31.4 Å². The third-order valence-electron chi connectivity index (χ3n) is 3.62. The van der Waals surface area contributed by atoms with Crippen LogP contribution in [-0.2, 0) is 20.6 Å². The predicted octanol–water partition coefficient (Wildman–Crippen LogP) is 0.985. The van der Waals surface area contributed by atoms with Gasteiger partial charge in [0.1, 0.15) is 12.0 Å². The van der Waals surface area contributed by atoms with Crippen LogP contribution in [0.5, 0.6) is 0 Å². The zero-order valence-corrected chi connectivity index (χ0v) is 11.8. The van der Waals surface area contributed by atoms with Gasteiger partial charge in [-0.2, -0.15) is 0 Å². The number of aliphatic carboxylic acids is 1. The SMILES string of the molecule is O=C(O)C1CCC(CNS(=O)(=O)Cc2ccon2)CC1. The van der Waals surface area contributed by atoms with Gasteiger partial charge in [0.05, 0.1) is 11.6 Å². The Balaban J connectivity index is 1.76. The Morgan fingerprint density at radius 3 is 2.65 bits per heavy atom. The molecule has 0 atom stereocenters. The van der Waals surface area contributed by atoms with Gasteiger partial charge >= 0.3 is 5.97 Å². The van der Waals surface area contributed by atoms with E-state index in [-0.39, 0.29) is 17.6 Å². The molecule has 1 heterocycles. The van der Waals surface area contributed by atoms with Crippen molar-refractivity contribution >= 4 is 16.0 Å². The fraction of sp³-hybridized carbons (Fsp3) is 0.667. The van der Waals surface area contributed by atoms with Gasteiger partial charge in [0.25, 0.3) is 0 Å². The van der Waals surface area contributed by atoms with Gasteiger partial charge in [-0.15, -0.1) is 0 Å². The standard InChI is InChI=1S/C12H18N2O5S/c15-12(16)10-3-1-9(2-4-10)7-13-20(17,18)8-11-5-6-19-14-11/h5-6,9-10,13H,1-4,7-8H2,(H,15,16). The van der Waals surface area contributed by atoms with Crippen molar-refractivity contribution < 1.29 is 22.8 Å². The van der Waals surface area contributed by atoms with Crippen LogP contribution in [0.15, 0.2) is 16.9 Å². The third kappa shape index (κ3) is 4.31. The molecule has 0 aliphatic heterocycles. The van der Waals surface area contributed by atoms with Crippen LogP contribution >= 0.6 is 0 Å². The summed E-state index contributed by atoms with van der Waals surface area (Å²) in [6.45, 7) is 0.354. The summed E-state index contributed by atoms with van der Waals surface area (Å²) in [5.41, 5.74) is 0.368. The topological polar surface area (TPSA) is 110 Å². The van der Waals surface area contributed by atoms with Crippen molar-refractivity contribution in [1.29, 1.82) is 0 Å². The highest BCUT2D eigenvalue weighted by Gasteiger charge is 2.26. The molecule has 1 aliphatic rings. The molecule has 0 aromatic carbocycles. The summed E-state index contributed by atoms with van der Waals surface area (Å²) in [4.78, 5) is 10.8. The molecule has 0 radical (unpaired) electrons. The van der Waals surface area contributed by atoms with E-state index in [1.807, 2.05) is 0 Å². The molecule has 1 aliphatic carbocycles. The minimum Gasteiger partial charge on any atom is -0.481 e. The van der Waals surface area contributed by atoms with Crippen LogP contribution in [0.3, 0.4) is 0 Å². The van der Waals surface area contributed by atoms with Crippen LogP contribution in [0.2, 0.25) is 0 Å². The summed E-state index contributed by atoms with van der Waals surface area (Å²) in [5, 5.41) is 12.5. The van der Waals surface area contributed by atoms with Crippen molar-refractivity contribution in [3.05, 3.63) is 18.0 Å². The lowest BCUT2D eigenvalue weighted by Crippen LogP contribution is -2.33. The minimum absolute atomic E-state index is 0.200. The maximum Gasteiger partial charge on any atom is 0.306 e. The van der Waals surface area contributed by atoms with Gasteiger partial charge in [0.15, 0.2) is 0 Å². The molecule has 0 saturated heterocycles. The third-order valence-corrected chi connectivity index (χ3v) is 4.90. The highest BCUT2D eigenvalue weighted by molar-refractivity contribution is 7.88. The van der Waals surface area contributed by atoms with Gasteiger partial charge in [-0.3, -0.25) is 4.79 Å². The van der Waals surface area contributed by atoms with Crippen LogP contribution in [-0.4, -0.2) is 31.2 Å². The summed E-state index contributed by atoms with van der Waals surface area (Å²) in [6, 6.07) is 1.51. The predicted molar refractivity (Wildman–Crippen MR) is 70.2 cm³/mol. The zero-order valence-electron chi connectivity index (χ0n) is 11.0. The number of nitrogens with zero attached hydrogens (tertiary/aromatic N) is 1. The van der Waals surface area contributed by atoms with Crippen molar-refractivity contribution in [3.63, 3.8) is 0 Å². The summed E-state index contributed by atoms with van der Waals surface area (Å²) < 4.78 is 30.8. The smallest absolute Gasteiger partial charge is 0.306 e. The lowest BCUT2D eigenvalue weighted by Gasteiger charge is -2.26. The largest absolute Gasteiger partial charge is 0.481 e. The number of carbonyl (C=O) groups is 1. The first-order chi connectivity index (χ1) is 9.46. The molecule has 1 saturated carbocycles. The monoisotopic (exact) mass is 302 g/mol. The number of sulfonamides is 1. The molecule has 0 amide bonds. The van der Waals surface area contributed by atoms with Gasteiger partial charge < -0.3 is 9.63 Å². The average molecular weight is 302 g/mol. The molecule has 2 rings (SSSR count). The van der Waals surface area contributed by atoms with Crippen LogP contribution in [0.4, 0.5) is 0 Å². The van der Waals surface area contributed by atoms with E-state index in [0.717, 1.165) is 12.8 Å². The maximum atomic E-state index is 11.8. The van der Waals surface area contributed by atoms with E-state index in [0.29, 0.717) is 25.1 Å². The highest BCUT2D eigenvalue weighted by atomic mass is 32.2. The number of aromatic nitrogens is 1. The van der Waals surface area contributed by atoms with Crippen LogP contribution < -0.4 is 4.72 Å². The Bertz CT molecular complexity index is 532. The summed E-state index contributed by atoms with van der Waals surface area (Å²) >= 11 is 0. The van der Waals surface area contributed by atoms with E-state index in [1.165, 1.54) is 12.3 Å². The molecular weight excluding hydrogens is 284 g/mol. The van der Waals surface area contributed by atoms with Crippen molar-refractivity contribution in [2.24, 2.45) is 11.8 Å². The molecule has 8 heteroatoms. The number of carboxylic acid groups (broad SMARTS) is 1. The number of hydrogen-bond donors (Lipinski definition) is 2. The van der Waals surface area contributed by atoms with E-state index < -0.39 is 16.0 Å². The summed E-state index contributed by atoms with van der Waals surface area (Å²) in [7, 11) is -3.42. The lowest BCUT2D eigenvalue weighted by molar-refractivity contribution is -0.143. The fourth-order valence-electron chi connectivity index (χ4n) is 2.42. The van der Waals surface area contributed by atoms with Gasteiger partial charge in [0.2, 0.25) is 10.0 Å². The molecule has 0 unspecified atom stereocenters. The van der Waals surface area contributed by atoms with Crippen molar-refractivity contribution in [3.8, 4) is 0 Å². The van der Waals surface area contributed by atoms with E-state index in [2.05, 4.69) is 14.4 Å². The Kier molecular flexibility index (Phi) is 4.77. The zero-order chi connectivity index (χ0) is 14.6. The van der Waals surface area contributed by atoms with Crippen molar-refractivity contribution in [2.75, 3.05) is 6.54 Å². The van der Waals surface area contributed by atoms with E-state index in [9.17, 15) is 13.2 Å². The average Bonchev–Trinajstić information content (AvgIpc) is 2.89. The number of rotatable bonds is 6. The Morgan fingerprint density at radius 1 is 1.40 bits per heavy atom. The van der Waals surface area contributed by atoms with Gasteiger partial charge in [-0.25, -0.2) is 13.1 Å². The quantitative estimate of drug-likeness (QED) is 0.810. The van der Waals surface area contributed by atoms with E-state index >= 15 is 0 Å². The van der Waals surface area contributed by atoms with Gasteiger partial charge in [0, 0.05) is 12.6 Å². The van der Waals surface area contributed by atoms with Crippen LogP contribution in [0.25, 0.3) is 0 Å². The van der Waals surface area contributed by atoms with Crippen molar-refractivity contribution in [1.82, 2.24) is 9.88 Å². The normalized spacial score (nSPS) is 23.6. The minimum atomic E-state index is -3.42. The Labute approximate surface area is 117 Å². The molecule has 7 nitrogen and oxygen atoms in total. The molecule has 1 aromatic rings. The summed E-state index contributed by atoms with van der Waals surface area (Å²) in [5.74, 6) is -1.03. The number of nitrogens with one attached hydrogen (secondary N) is 1. The number of hydrogen-bond acceptors (Lipinski definition) is 5. The fourth-order valence-corrected chi connectivity index (χ4v) is 3.55.